The summed E-state index contributed by atoms with van der Waals surface area (Å²) in [7, 11) is 0. The number of hydrogen-bond acceptors (Lipinski definition) is 2. The van der Waals surface area contributed by atoms with Gasteiger partial charge in [0.2, 0.25) is 0 Å². The molecule has 4 aliphatic rings. The van der Waals surface area contributed by atoms with E-state index in [0.717, 1.165) is 24.7 Å². The SMILES string of the molecule is OC12CC3CC(CN1C3)C2. The molecule has 56 valence electrons. The van der Waals surface area contributed by atoms with E-state index in [1.807, 2.05) is 0 Å². The molecule has 0 spiro atoms. The van der Waals surface area contributed by atoms with Crippen LogP contribution in [0.3, 0.4) is 0 Å². The Bertz CT molecular complexity index is 166. The Morgan fingerprint density at radius 2 is 1.80 bits per heavy atom. The highest BCUT2D eigenvalue weighted by Crippen LogP contribution is 2.50. The molecule has 0 radical (unpaired) electrons. The fourth-order valence-electron chi connectivity index (χ4n) is 3.22. The second-order valence-electron chi connectivity index (χ2n) is 4.26. The van der Waals surface area contributed by atoms with Crippen LogP contribution in [-0.2, 0) is 0 Å². The molecule has 4 fully saturated rings. The molecule has 1 aliphatic carbocycles. The summed E-state index contributed by atoms with van der Waals surface area (Å²) in [6, 6.07) is 0. The lowest BCUT2D eigenvalue weighted by molar-refractivity contribution is -0.0542. The van der Waals surface area contributed by atoms with Crippen molar-refractivity contribution in [3.63, 3.8) is 0 Å². The Hall–Kier alpha value is -0.0800. The third-order valence-electron chi connectivity index (χ3n) is 3.44. The van der Waals surface area contributed by atoms with Gasteiger partial charge in [-0.15, -0.1) is 0 Å². The summed E-state index contributed by atoms with van der Waals surface area (Å²) >= 11 is 0. The van der Waals surface area contributed by atoms with Crippen LogP contribution in [0.25, 0.3) is 0 Å². The third-order valence-corrected chi connectivity index (χ3v) is 3.44. The molecule has 2 atom stereocenters. The molecule has 3 aliphatic heterocycles. The molecule has 1 N–H and O–H groups in total. The van der Waals surface area contributed by atoms with Gasteiger partial charge < -0.3 is 5.11 Å². The van der Waals surface area contributed by atoms with E-state index in [2.05, 4.69) is 4.90 Å². The predicted molar refractivity (Wildman–Crippen MR) is 37.4 cm³/mol. The van der Waals surface area contributed by atoms with Crippen LogP contribution in [0.15, 0.2) is 0 Å². The lowest BCUT2D eigenvalue weighted by Crippen LogP contribution is -2.37. The fraction of sp³-hybridized carbons (Fsp3) is 1.00. The summed E-state index contributed by atoms with van der Waals surface area (Å²) in [6.45, 7) is 2.35. The summed E-state index contributed by atoms with van der Waals surface area (Å²) in [6.07, 6.45) is 3.51. The zero-order chi connectivity index (χ0) is 6.77. The van der Waals surface area contributed by atoms with Gasteiger partial charge in [0.25, 0.3) is 0 Å². The van der Waals surface area contributed by atoms with Gasteiger partial charge in [-0.2, -0.15) is 0 Å². The highest BCUT2D eigenvalue weighted by molar-refractivity contribution is 5.04. The fourth-order valence-corrected chi connectivity index (χ4v) is 3.22. The Morgan fingerprint density at radius 1 is 1.20 bits per heavy atom. The molecule has 0 aromatic carbocycles. The summed E-state index contributed by atoms with van der Waals surface area (Å²) in [5.74, 6) is 1.66. The van der Waals surface area contributed by atoms with E-state index < -0.39 is 0 Å². The monoisotopic (exact) mass is 139 g/mol. The first-order chi connectivity index (χ1) is 4.76. The lowest BCUT2D eigenvalue weighted by Gasteiger charge is -2.25. The average Bonchev–Trinajstić information content (AvgIpc) is 2.14. The van der Waals surface area contributed by atoms with Crippen LogP contribution in [0.5, 0.6) is 0 Å². The lowest BCUT2D eigenvalue weighted by atomic mass is 9.82. The summed E-state index contributed by atoms with van der Waals surface area (Å²) < 4.78 is 0. The van der Waals surface area contributed by atoms with Gasteiger partial charge in [0, 0.05) is 13.1 Å². The number of aliphatic hydroxyl groups is 1. The van der Waals surface area contributed by atoms with Crippen molar-refractivity contribution < 1.29 is 5.11 Å². The van der Waals surface area contributed by atoms with Crippen LogP contribution >= 0.6 is 0 Å². The molecule has 2 unspecified atom stereocenters. The minimum absolute atomic E-state index is 0.340. The van der Waals surface area contributed by atoms with E-state index in [1.54, 1.807) is 0 Å². The summed E-state index contributed by atoms with van der Waals surface area (Å²) in [5, 5.41) is 9.96. The van der Waals surface area contributed by atoms with Crippen molar-refractivity contribution in [2.75, 3.05) is 13.1 Å². The van der Waals surface area contributed by atoms with Gasteiger partial charge in [-0.3, -0.25) is 4.90 Å². The van der Waals surface area contributed by atoms with Crippen molar-refractivity contribution in [1.29, 1.82) is 0 Å². The van der Waals surface area contributed by atoms with Crippen molar-refractivity contribution in [2.45, 2.75) is 25.0 Å². The average molecular weight is 139 g/mol. The number of hydrogen-bond donors (Lipinski definition) is 1. The number of piperidine rings is 1. The van der Waals surface area contributed by atoms with Gasteiger partial charge in [0.1, 0.15) is 5.72 Å². The third kappa shape index (κ3) is 0.487. The Labute approximate surface area is 60.8 Å². The number of rotatable bonds is 0. The van der Waals surface area contributed by atoms with Crippen LogP contribution in [0, 0.1) is 11.8 Å². The second kappa shape index (κ2) is 1.41. The zero-order valence-corrected chi connectivity index (χ0v) is 6.08. The van der Waals surface area contributed by atoms with Crippen LogP contribution in [0.4, 0.5) is 0 Å². The first kappa shape index (κ1) is 5.56. The van der Waals surface area contributed by atoms with Gasteiger partial charge in [-0.25, -0.2) is 0 Å². The van der Waals surface area contributed by atoms with E-state index in [1.165, 1.54) is 19.5 Å². The standard InChI is InChI=1S/C8H13NO/c10-8-2-6-1-7(3-8)5-9(8)4-6/h6-7,10H,1-5H2. The first-order valence-electron chi connectivity index (χ1n) is 4.24. The van der Waals surface area contributed by atoms with Crippen molar-refractivity contribution in [3.8, 4) is 0 Å². The largest absolute Gasteiger partial charge is 0.376 e. The molecule has 10 heavy (non-hydrogen) atoms. The Morgan fingerprint density at radius 3 is 2.20 bits per heavy atom. The van der Waals surface area contributed by atoms with Gasteiger partial charge in [-0.1, -0.05) is 0 Å². The molecule has 2 nitrogen and oxygen atoms in total. The van der Waals surface area contributed by atoms with Crippen molar-refractivity contribution in [2.24, 2.45) is 11.8 Å². The molecule has 0 aromatic heterocycles. The molecular formula is C8H13NO. The quantitative estimate of drug-likeness (QED) is 0.526. The van der Waals surface area contributed by atoms with E-state index in [4.69, 9.17) is 0 Å². The van der Waals surface area contributed by atoms with Gasteiger partial charge in [-0.05, 0) is 31.1 Å². The van der Waals surface area contributed by atoms with E-state index in [9.17, 15) is 5.11 Å². The van der Waals surface area contributed by atoms with E-state index in [-0.39, 0.29) is 5.72 Å². The maximum atomic E-state index is 9.96. The van der Waals surface area contributed by atoms with Crippen molar-refractivity contribution in [3.05, 3.63) is 0 Å². The first-order valence-corrected chi connectivity index (χ1v) is 4.24. The molecule has 4 rings (SSSR count). The molecule has 4 bridgehead atoms. The Kier molecular flexibility index (Phi) is 0.783. The minimum Gasteiger partial charge on any atom is -0.376 e. The molecule has 3 saturated heterocycles. The maximum absolute atomic E-state index is 9.96. The molecule has 0 amide bonds. The van der Waals surface area contributed by atoms with Crippen LogP contribution in [-0.4, -0.2) is 28.8 Å². The van der Waals surface area contributed by atoms with Crippen molar-refractivity contribution in [1.82, 2.24) is 4.90 Å². The van der Waals surface area contributed by atoms with Crippen LogP contribution in [0.2, 0.25) is 0 Å². The molecule has 3 heterocycles. The van der Waals surface area contributed by atoms with Gasteiger partial charge >= 0.3 is 0 Å². The molecule has 1 saturated carbocycles. The van der Waals surface area contributed by atoms with E-state index >= 15 is 0 Å². The zero-order valence-electron chi connectivity index (χ0n) is 6.08. The predicted octanol–water partition coefficient (Wildman–Crippen LogP) is 0.421. The van der Waals surface area contributed by atoms with Gasteiger partial charge in [0.15, 0.2) is 0 Å². The number of nitrogens with zero attached hydrogens (tertiary/aromatic N) is 1. The highest BCUT2D eigenvalue weighted by Gasteiger charge is 2.55. The summed E-state index contributed by atoms with van der Waals surface area (Å²) in [4.78, 5) is 2.28. The van der Waals surface area contributed by atoms with Crippen LogP contribution < -0.4 is 0 Å². The van der Waals surface area contributed by atoms with Crippen molar-refractivity contribution >= 4 is 0 Å². The minimum atomic E-state index is -0.340. The molecule has 0 aromatic rings. The van der Waals surface area contributed by atoms with Gasteiger partial charge in [0.05, 0.1) is 0 Å². The summed E-state index contributed by atoms with van der Waals surface area (Å²) in [5.41, 5.74) is -0.340. The molecular weight excluding hydrogens is 126 g/mol. The Balaban J connectivity index is 2.04. The smallest absolute Gasteiger partial charge is 0.119 e. The van der Waals surface area contributed by atoms with E-state index in [0.29, 0.717) is 0 Å². The maximum Gasteiger partial charge on any atom is 0.119 e. The second-order valence-corrected chi connectivity index (χ2v) is 4.26. The topological polar surface area (TPSA) is 23.5 Å². The highest BCUT2D eigenvalue weighted by atomic mass is 16.3. The molecule has 2 heteroatoms. The van der Waals surface area contributed by atoms with Crippen LogP contribution in [0.1, 0.15) is 19.3 Å². The normalized spacial score (nSPS) is 63.9.